The molecule has 1 aromatic carbocycles. The fraction of sp³-hybridized carbons (Fsp3) is 0.368. The number of nitrogens with zero attached hydrogens (tertiary/aromatic N) is 5. The van der Waals surface area contributed by atoms with E-state index in [0.717, 1.165) is 18.5 Å². The van der Waals surface area contributed by atoms with E-state index in [1.807, 2.05) is 28.8 Å². The largest absolute Gasteiger partial charge is 0.401 e. The van der Waals surface area contributed by atoms with Gasteiger partial charge in [0.2, 0.25) is 0 Å². The molecule has 3 aromatic rings. The van der Waals surface area contributed by atoms with Crippen LogP contribution in [-0.2, 0) is 0 Å². The second kappa shape index (κ2) is 7.76. The van der Waals surface area contributed by atoms with E-state index in [1.54, 1.807) is 6.20 Å². The van der Waals surface area contributed by atoms with E-state index in [-0.39, 0.29) is 17.8 Å². The van der Waals surface area contributed by atoms with E-state index < -0.39 is 0 Å². The number of benzene rings is 1. The fourth-order valence-corrected chi connectivity index (χ4v) is 3.91. The van der Waals surface area contributed by atoms with E-state index in [4.69, 9.17) is 15.9 Å². The van der Waals surface area contributed by atoms with Crippen LogP contribution in [0.4, 0.5) is 11.8 Å². The van der Waals surface area contributed by atoms with Crippen molar-refractivity contribution in [1.29, 1.82) is 0 Å². The lowest BCUT2D eigenvalue weighted by Crippen LogP contribution is -2.26. The van der Waals surface area contributed by atoms with Crippen molar-refractivity contribution in [2.24, 2.45) is 5.73 Å². The third-order valence-electron chi connectivity index (χ3n) is 4.43. The van der Waals surface area contributed by atoms with Crippen LogP contribution in [0.1, 0.15) is 20.3 Å². The van der Waals surface area contributed by atoms with Crippen molar-refractivity contribution >= 4 is 23.6 Å². The summed E-state index contributed by atoms with van der Waals surface area (Å²) >= 11 is 1.82. The highest BCUT2D eigenvalue weighted by atomic mass is 32.2. The fourth-order valence-electron chi connectivity index (χ4n) is 3.07. The summed E-state index contributed by atoms with van der Waals surface area (Å²) in [4.78, 5) is 12.1. The van der Waals surface area contributed by atoms with Crippen molar-refractivity contribution in [1.82, 2.24) is 20.2 Å². The third kappa shape index (κ3) is 3.95. The molecule has 9 heteroatoms. The maximum absolute atomic E-state index is 6.02. The molecule has 0 saturated carbocycles. The molecule has 4 N–H and O–H groups in total. The van der Waals surface area contributed by atoms with Crippen molar-refractivity contribution in [3.8, 4) is 22.8 Å². The summed E-state index contributed by atoms with van der Waals surface area (Å²) in [6, 6.07) is 8.78. The number of hydrogen-bond acceptors (Lipinski definition) is 9. The highest BCUT2D eigenvalue weighted by Crippen LogP contribution is 2.29. The number of hydrogen-bond donors (Lipinski definition) is 2. The molecule has 1 atom stereocenters. The van der Waals surface area contributed by atoms with Crippen LogP contribution < -0.4 is 16.4 Å². The van der Waals surface area contributed by atoms with Crippen LogP contribution in [0.15, 0.2) is 39.8 Å². The normalized spacial score (nSPS) is 16.9. The van der Waals surface area contributed by atoms with Crippen LogP contribution in [0.25, 0.3) is 22.8 Å². The van der Waals surface area contributed by atoms with Gasteiger partial charge in [-0.1, -0.05) is 31.1 Å². The summed E-state index contributed by atoms with van der Waals surface area (Å²) in [7, 11) is 0. The number of nitrogens with two attached hydrogens (primary N) is 2. The number of rotatable bonds is 5. The smallest absolute Gasteiger partial charge is 0.318 e. The standard InChI is InChI=1S/C19H23N7OS/c1-11(2)28-14-5-3-12(4-6-14)15-9-22-17(21)16(23-15)18-24-25-19(27-18)26-8-7-13(20)10-26/h3-6,9,11,13H,7-8,10,20H2,1-2H3,(H2,21,22). The molecule has 0 amide bonds. The Hall–Kier alpha value is -2.65. The van der Waals surface area contributed by atoms with Gasteiger partial charge < -0.3 is 20.8 Å². The van der Waals surface area contributed by atoms with Gasteiger partial charge in [-0.15, -0.1) is 16.9 Å². The summed E-state index contributed by atoms with van der Waals surface area (Å²) in [6.07, 6.45) is 2.56. The van der Waals surface area contributed by atoms with E-state index in [2.05, 4.69) is 46.1 Å². The first kappa shape index (κ1) is 18.7. The number of anilines is 2. The Bertz CT molecular complexity index is 957. The third-order valence-corrected chi connectivity index (χ3v) is 5.45. The Morgan fingerprint density at radius 2 is 2.00 bits per heavy atom. The van der Waals surface area contributed by atoms with Crippen LogP contribution >= 0.6 is 11.8 Å². The summed E-state index contributed by atoms with van der Waals surface area (Å²) in [5, 5.41) is 8.77. The Labute approximate surface area is 167 Å². The van der Waals surface area contributed by atoms with Crippen LogP contribution in [0.2, 0.25) is 0 Å². The Balaban J connectivity index is 1.60. The summed E-state index contributed by atoms with van der Waals surface area (Å²) < 4.78 is 5.80. The Morgan fingerprint density at radius 1 is 1.21 bits per heavy atom. The molecule has 146 valence electrons. The van der Waals surface area contributed by atoms with E-state index in [1.165, 1.54) is 4.90 Å². The van der Waals surface area contributed by atoms with Gasteiger partial charge >= 0.3 is 6.01 Å². The first-order valence-corrected chi connectivity index (χ1v) is 10.1. The molecule has 0 spiro atoms. The SMILES string of the molecule is CC(C)Sc1ccc(-c2cnc(N)c(-c3nnc(N4CCC(N)C4)o3)n2)cc1. The number of aromatic nitrogens is 4. The Kier molecular flexibility index (Phi) is 5.19. The van der Waals surface area contributed by atoms with Crippen molar-refractivity contribution in [2.45, 2.75) is 36.5 Å². The summed E-state index contributed by atoms with van der Waals surface area (Å²) in [5.74, 6) is 0.512. The molecule has 0 bridgehead atoms. The molecule has 2 aromatic heterocycles. The zero-order valence-electron chi connectivity index (χ0n) is 15.9. The Morgan fingerprint density at radius 3 is 2.68 bits per heavy atom. The zero-order chi connectivity index (χ0) is 19.7. The van der Waals surface area contributed by atoms with E-state index in [9.17, 15) is 0 Å². The monoisotopic (exact) mass is 397 g/mol. The van der Waals surface area contributed by atoms with Crippen LogP contribution in [0.5, 0.6) is 0 Å². The van der Waals surface area contributed by atoms with Crippen molar-refractivity contribution in [3.63, 3.8) is 0 Å². The molecule has 1 aliphatic rings. The molecule has 1 aliphatic heterocycles. The van der Waals surface area contributed by atoms with Gasteiger partial charge in [0.15, 0.2) is 11.5 Å². The highest BCUT2D eigenvalue weighted by Gasteiger charge is 2.25. The first-order chi connectivity index (χ1) is 13.5. The van der Waals surface area contributed by atoms with Gasteiger partial charge in [-0.05, 0) is 18.6 Å². The zero-order valence-corrected chi connectivity index (χ0v) is 16.7. The molecule has 4 rings (SSSR count). The van der Waals surface area contributed by atoms with Crippen molar-refractivity contribution in [3.05, 3.63) is 30.5 Å². The topological polar surface area (TPSA) is 120 Å². The molecule has 0 radical (unpaired) electrons. The van der Waals surface area contributed by atoms with Gasteiger partial charge in [-0.3, -0.25) is 0 Å². The van der Waals surface area contributed by atoms with E-state index >= 15 is 0 Å². The summed E-state index contributed by atoms with van der Waals surface area (Å²) in [6.45, 7) is 5.84. The predicted octanol–water partition coefficient (Wildman–Crippen LogP) is 2.81. The molecular weight excluding hydrogens is 374 g/mol. The maximum atomic E-state index is 6.02. The lowest BCUT2D eigenvalue weighted by Gasteiger charge is -2.10. The average Bonchev–Trinajstić information content (AvgIpc) is 3.31. The van der Waals surface area contributed by atoms with Crippen LogP contribution in [0.3, 0.4) is 0 Å². The van der Waals surface area contributed by atoms with Gasteiger partial charge in [0, 0.05) is 34.8 Å². The molecule has 1 fully saturated rings. The molecule has 3 heterocycles. The molecule has 8 nitrogen and oxygen atoms in total. The second-order valence-electron chi connectivity index (χ2n) is 7.06. The molecule has 1 unspecified atom stereocenters. The lowest BCUT2D eigenvalue weighted by atomic mass is 10.1. The van der Waals surface area contributed by atoms with Gasteiger partial charge in [0.05, 0.1) is 11.9 Å². The highest BCUT2D eigenvalue weighted by molar-refractivity contribution is 7.99. The minimum atomic E-state index is 0.125. The molecular formula is C19H23N7OS. The first-order valence-electron chi connectivity index (χ1n) is 9.23. The van der Waals surface area contributed by atoms with Crippen LogP contribution in [0, 0.1) is 0 Å². The quantitative estimate of drug-likeness (QED) is 0.626. The van der Waals surface area contributed by atoms with Gasteiger partial charge in [-0.25, -0.2) is 9.97 Å². The molecule has 0 aliphatic carbocycles. The second-order valence-corrected chi connectivity index (χ2v) is 8.71. The molecule has 28 heavy (non-hydrogen) atoms. The minimum Gasteiger partial charge on any atom is -0.401 e. The van der Waals surface area contributed by atoms with Crippen molar-refractivity contribution < 1.29 is 4.42 Å². The van der Waals surface area contributed by atoms with E-state index in [0.29, 0.717) is 29.2 Å². The molecule has 1 saturated heterocycles. The van der Waals surface area contributed by atoms with Gasteiger partial charge in [0.25, 0.3) is 5.89 Å². The minimum absolute atomic E-state index is 0.125. The summed E-state index contributed by atoms with van der Waals surface area (Å²) in [5.41, 5.74) is 14.0. The maximum Gasteiger partial charge on any atom is 0.318 e. The van der Waals surface area contributed by atoms with Gasteiger partial charge in [0.1, 0.15) is 0 Å². The predicted molar refractivity (Wildman–Crippen MR) is 111 cm³/mol. The average molecular weight is 398 g/mol. The number of nitrogen functional groups attached to an aromatic ring is 1. The lowest BCUT2D eigenvalue weighted by molar-refractivity contribution is 0.554. The van der Waals surface area contributed by atoms with Gasteiger partial charge in [-0.2, -0.15) is 0 Å². The van der Waals surface area contributed by atoms with Crippen molar-refractivity contribution in [2.75, 3.05) is 23.7 Å². The van der Waals surface area contributed by atoms with Crippen LogP contribution in [-0.4, -0.2) is 44.5 Å². The number of thioether (sulfide) groups is 1.